The van der Waals surface area contributed by atoms with Crippen LogP contribution < -0.4 is 0 Å². The zero-order chi connectivity index (χ0) is 19.5. The minimum atomic E-state index is -0.630. The van der Waals surface area contributed by atoms with Gasteiger partial charge in [0.25, 0.3) is 0 Å². The van der Waals surface area contributed by atoms with Gasteiger partial charge in [-0.3, -0.25) is 4.79 Å². The first kappa shape index (κ1) is 21.8. The maximum atomic E-state index is 12.1. The minimum absolute atomic E-state index is 0.0204. The van der Waals surface area contributed by atoms with Gasteiger partial charge in [-0.05, 0) is 51.2 Å². The average Bonchev–Trinajstić information content (AvgIpc) is 2.54. The number of benzene rings is 1. The molecule has 0 aliphatic carbocycles. The van der Waals surface area contributed by atoms with Crippen LogP contribution >= 0.6 is 0 Å². The fourth-order valence-corrected chi connectivity index (χ4v) is 2.75. The third-order valence-electron chi connectivity index (χ3n) is 4.11. The largest absolute Gasteiger partial charge is 0.508 e. The summed E-state index contributed by atoms with van der Waals surface area (Å²) in [6, 6.07) is 3.74. The van der Waals surface area contributed by atoms with Crippen LogP contribution in [0, 0.1) is 0 Å². The zero-order valence-corrected chi connectivity index (χ0v) is 15.9. The molecule has 0 saturated heterocycles. The van der Waals surface area contributed by atoms with Gasteiger partial charge in [0.15, 0.2) is 0 Å². The van der Waals surface area contributed by atoms with Crippen LogP contribution in [0.3, 0.4) is 0 Å². The zero-order valence-electron chi connectivity index (χ0n) is 15.9. The molecule has 0 unspecified atom stereocenters. The van der Waals surface area contributed by atoms with Gasteiger partial charge in [-0.15, -0.1) is 0 Å². The molecule has 2 N–H and O–H groups in total. The number of carbonyl (C=O) groups is 2. The number of ether oxygens (including phenoxy) is 2. The van der Waals surface area contributed by atoms with Crippen LogP contribution in [-0.4, -0.2) is 34.4 Å². The minimum Gasteiger partial charge on any atom is -0.508 e. The predicted octanol–water partition coefficient (Wildman–Crippen LogP) is 4.33. The Labute approximate surface area is 155 Å². The molecule has 0 saturated carbocycles. The molecule has 0 aliphatic rings. The van der Waals surface area contributed by atoms with Gasteiger partial charge in [0.05, 0.1) is 6.10 Å². The molecule has 0 spiro atoms. The van der Waals surface area contributed by atoms with Crippen LogP contribution in [0.1, 0.15) is 76.1 Å². The molecule has 1 aromatic carbocycles. The summed E-state index contributed by atoms with van der Waals surface area (Å²) in [5.41, 5.74) is 0.0204. The second-order valence-electron chi connectivity index (χ2n) is 6.58. The molecular weight excluding hydrogens is 336 g/mol. The highest BCUT2D eigenvalue weighted by Gasteiger charge is 2.17. The van der Waals surface area contributed by atoms with Crippen LogP contribution in [0.2, 0.25) is 0 Å². The van der Waals surface area contributed by atoms with Gasteiger partial charge in [0.1, 0.15) is 23.2 Å². The Kier molecular flexibility index (Phi) is 9.55. The lowest BCUT2D eigenvalue weighted by Crippen LogP contribution is -2.19. The first-order chi connectivity index (χ1) is 12.3. The highest BCUT2D eigenvalue weighted by molar-refractivity contribution is 5.92. The van der Waals surface area contributed by atoms with Crippen LogP contribution in [0.25, 0.3) is 0 Å². The summed E-state index contributed by atoms with van der Waals surface area (Å²) in [4.78, 5) is 23.3. The molecule has 26 heavy (non-hydrogen) atoms. The Morgan fingerprint density at radius 2 is 1.73 bits per heavy atom. The van der Waals surface area contributed by atoms with Gasteiger partial charge in [-0.1, -0.05) is 19.8 Å². The molecule has 1 aromatic rings. The molecule has 0 heterocycles. The topological polar surface area (TPSA) is 93.1 Å². The highest BCUT2D eigenvalue weighted by atomic mass is 16.5. The molecule has 6 nitrogen and oxygen atoms in total. The molecular formula is C20H30O6. The van der Waals surface area contributed by atoms with Crippen LogP contribution in [-0.2, 0) is 14.3 Å². The number of hydrogen-bond acceptors (Lipinski definition) is 6. The van der Waals surface area contributed by atoms with E-state index in [1.807, 2.05) is 0 Å². The lowest BCUT2D eigenvalue weighted by Gasteiger charge is -2.18. The van der Waals surface area contributed by atoms with Crippen molar-refractivity contribution in [3.8, 4) is 11.5 Å². The normalized spacial score (nSPS) is 13.0. The summed E-state index contributed by atoms with van der Waals surface area (Å²) < 4.78 is 10.7. The SMILES string of the molecule is CCCCC[C@H](CCC[C@H](C)OC(=O)c1ccc(O)cc1O)OC(C)=O. The third-order valence-corrected chi connectivity index (χ3v) is 4.11. The first-order valence-electron chi connectivity index (χ1n) is 9.23. The second kappa shape index (κ2) is 11.4. The van der Waals surface area contributed by atoms with Crippen molar-refractivity contribution < 1.29 is 29.3 Å². The van der Waals surface area contributed by atoms with E-state index < -0.39 is 5.97 Å². The Morgan fingerprint density at radius 3 is 2.35 bits per heavy atom. The number of hydrogen-bond donors (Lipinski definition) is 2. The molecule has 2 atom stereocenters. The molecule has 0 aromatic heterocycles. The van der Waals surface area contributed by atoms with Crippen LogP contribution in [0.4, 0.5) is 0 Å². The van der Waals surface area contributed by atoms with E-state index in [2.05, 4.69) is 6.92 Å². The highest BCUT2D eigenvalue weighted by Crippen LogP contribution is 2.24. The fourth-order valence-electron chi connectivity index (χ4n) is 2.75. The van der Waals surface area contributed by atoms with Crippen molar-refractivity contribution in [1.29, 1.82) is 0 Å². The Balaban J connectivity index is 2.42. The van der Waals surface area contributed by atoms with Crippen molar-refractivity contribution in [2.75, 3.05) is 0 Å². The van der Waals surface area contributed by atoms with Crippen LogP contribution in [0.15, 0.2) is 18.2 Å². The van der Waals surface area contributed by atoms with Crippen molar-refractivity contribution in [3.63, 3.8) is 0 Å². The number of esters is 2. The van der Waals surface area contributed by atoms with E-state index in [-0.39, 0.29) is 35.2 Å². The number of phenolic OH excluding ortho intramolecular Hbond substituents is 2. The summed E-state index contributed by atoms with van der Waals surface area (Å²) in [5.74, 6) is -1.33. The molecule has 0 aliphatic heterocycles. The molecule has 146 valence electrons. The number of carbonyl (C=O) groups excluding carboxylic acids is 2. The fraction of sp³-hybridized carbons (Fsp3) is 0.600. The second-order valence-corrected chi connectivity index (χ2v) is 6.58. The molecule has 0 radical (unpaired) electrons. The van der Waals surface area contributed by atoms with E-state index in [1.54, 1.807) is 6.92 Å². The first-order valence-corrected chi connectivity index (χ1v) is 9.23. The molecule has 6 heteroatoms. The van der Waals surface area contributed by atoms with E-state index in [0.29, 0.717) is 6.42 Å². The van der Waals surface area contributed by atoms with E-state index in [9.17, 15) is 19.8 Å². The molecule has 1 rings (SSSR count). The van der Waals surface area contributed by atoms with E-state index in [4.69, 9.17) is 9.47 Å². The van der Waals surface area contributed by atoms with E-state index >= 15 is 0 Å². The van der Waals surface area contributed by atoms with Crippen molar-refractivity contribution in [3.05, 3.63) is 23.8 Å². The van der Waals surface area contributed by atoms with Crippen molar-refractivity contribution in [1.82, 2.24) is 0 Å². The number of rotatable bonds is 11. The summed E-state index contributed by atoms with van der Waals surface area (Å²) in [7, 11) is 0. The summed E-state index contributed by atoms with van der Waals surface area (Å²) in [5, 5.41) is 19.0. The van der Waals surface area contributed by atoms with E-state index in [0.717, 1.165) is 44.6 Å². The van der Waals surface area contributed by atoms with Crippen molar-refractivity contribution in [2.45, 2.75) is 77.9 Å². The van der Waals surface area contributed by atoms with Gasteiger partial charge in [-0.2, -0.15) is 0 Å². The Bertz CT molecular complexity index is 584. The number of aromatic hydroxyl groups is 2. The summed E-state index contributed by atoms with van der Waals surface area (Å²) in [6.45, 7) is 5.33. The average molecular weight is 366 g/mol. The quantitative estimate of drug-likeness (QED) is 0.447. The van der Waals surface area contributed by atoms with Gasteiger partial charge in [-0.25, -0.2) is 4.79 Å². The molecule has 0 fully saturated rings. The third kappa shape index (κ3) is 8.23. The number of phenols is 2. The molecule has 0 amide bonds. The van der Waals surface area contributed by atoms with Crippen molar-refractivity contribution >= 4 is 11.9 Å². The smallest absolute Gasteiger partial charge is 0.342 e. The number of unbranched alkanes of at least 4 members (excludes halogenated alkanes) is 2. The Morgan fingerprint density at radius 1 is 1.04 bits per heavy atom. The Hall–Kier alpha value is -2.24. The van der Waals surface area contributed by atoms with E-state index in [1.165, 1.54) is 19.1 Å². The van der Waals surface area contributed by atoms with Gasteiger partial charge < -0.3 is 19.7 Å². The predicted molar refractivity (Wildman–Crippen MR) is 98.2 cm³/mol. The lowest BCUT2D eigenvalue weighted by molar-refractivity contribution is -0.147. The standard InChI is InChI=1S/C20H30O6/c1-4-5-6-9-17(26-15(3)21)10-7-8-14(2)25-20(24)18-12-11-16(22)13-19(18)23/h11-14,17,22-23H,4-10H2,1-3H3/t14-,17+/m0/s1. The van der Waals surface area contributed by atoms with Gasteiger partial charge >= 0.3 is 11.9 Å². The van der Waals surface area contributed by atoms with Gasteiger partial charge in [0.2, 0.25) is 0 Å². The van der Waals surface area contributed by atoms with Crippen LogP contribution in [0.5, 0.6) is 11.5 Å². The monoisotopic (exact) mass is 366 g/mol. The maximum Gasteiger partial charge on any atom is 0.342 e. The maximum absolute atomic E-state index is 12.1. The van der Waals surface area contributed by atoms with Crippen molar-refractivity contribution in [2.24, 2.45) is 0 Å². The van der Waals surface area contributed by atoms with Gasteiger partial charge in [0, 0.05) is 13.0 Å². The summed E-state index contributed by atoms with van der Waals surface area (Å²) in [6.07, 6.45) is 5.81. The molecule has 0 bridgehead atoms. The lowest BCUT2D eigenvalue weighted by atomic mass is 10.0. The summed E-state index contributed by atoms with van der Waals surface area (Å²) >= 11 is 0.